The summed E-state index contributed by atoms with van der Waals surface area (Å²) in [5.74, 6) is -0.932. The molecule has 37 heavy (non-hydrogen) atoms. The summed E-state index contributed by atoms with van der Waals surface area (Å²) in [6.07, 6.45) is 2.82. The lowest BCUT2D eigenvalue weighted by Crippen LogP contribution is -2.05. The van der Waals surface area contributed by atoms with E-state index in [4.69, 9.17) is 14.0 Å². The summed E-state index contributed by atoms with van der Waals surface area (Å²) < 4.78 is 70.6. The van der Waals surface area contributed by atoms with Gasteiger partial charge in [-0.3, -0.25) is 4.98 Å². The van der Waals surface area contributed by atoms with Gasteiger partial charge in [0.15, 0.2) is 9.84 Å². The van der Waals surface area contributed by atoms with Crippen LogP contribution in [0.2, 0.25) is 0 Å². The summed E-state index contributed by atoms with van der Waals surface area (Å²) in [4.78, 5) is 4.53. The van der Waals surface area contributed by atoms with E-state index in [1.54, 1.807) is 12.1 Å². The molecule has 5 rings (SSSR count). The molecular formula is C27H20F2N2O5S. The number of rotatable bonds is 7. The predicted octanol–water partition coefficient (Wildman–Crippen LogP) is 5.83. The summed E-state index contributed by atoms with van der Waals surface area (Å²) in [6, 6.07) is 14.5. The van der Waals surface area contributed by atoms with Crippen LogP contribution in [0.3, 0.4) is 0 Å². The van der Waals surface area contributed by atoms with Crippen LogP contribution in [-0.4, -0.2) is 32.8 Å². The van der Waals surface area contributed by atoms with E-state index in [2.05, 4.69) is 10.1 Å². The molecule has 0 aliphatic rings. The number of aromatic nitrogens is 2. The molecule has 0 saturated carbocycles. The summed E-state index contributed by atoms with van der Waals surface area (Å²) in [6.45, 7) is 0. The molecule has 3 aromatic carbocycles. The van der Waals surface area contributed by atoms with Gasteiger partial charge >= 0.3 is 0 Å². The highest BCUT2D eigenvalue weighted by Gasteiger charge is 2.21. The van der Waals surface area contributed by atoms with Gasteiger partial charge in [0.05, 0.1) is 30.5 Å². The molecule has 0 aliphatic carbocycles. The Morgan fingerprint density at radius 2 is 1.76 bits per heavy atom. The smallest absolute Gasteiger partial charge is 0.184 e. The molecule has 0 bridgehead atoms. The van der Waals surface area contributed by atoms with Gasteiger partial charge in [0.2, 0.25) is 0 Å². The van der Waals surface area contributed by atoms with Crippen molar-refractivity contribution in [1.29, 1.82) is 0 Å². The highest BCUT2D eigenvalue weighted by Crippen LogP contribution is 2.39. The fourth-order valence-electron chi connectivity index (χ4n) is 4.12. The molecule has 10 heteroatoms. The van der Waals surface area contributed by atoms with Gasteiger partial charge in [-0.25, -0.2) is 17.2 Å². The number of fused-ring (bicyclic) bond motifs is 1. The number of methoxy groups -OCH3 is 2. The lowest BCUT2D eigenvalue weighted by Gasteiger charge is -2.14. The summed E-state index contributed by atoms with van der Waals surface area (Å²) in [7, 11) is -0.850. The fraction of sp³-hybridized carbons (Fsp3) is 0.111. The van der Waals surface area contributed by atoms with Crippen molar-refractivity contribution in [2.75, 3.05) is 14.2 Å². The highest BCUT2D eigenvalue weighted by molar-refractivity contribution is 7.90. The zero-order valence-corrected chi connectivity index (χ0v) is 20.6. The van der Waals surface area contributed by atoms with Crippen molar-refractivity contribution in [2.24, 2.45) is 0 Å². The molecule has 5 aromatic rings. The lowest BCUT2D eigenvalue weighted by molar-refractivity contribution is 0.411. The van der Waals surface area contributed by atoms with Crippen LogP contribution < -0.4 is 9.47 Å². The zero-order chi connectivity index (χ0) is 26.2. The maximum absolute atomic E-state index is 15.4. The number of nitrogens with zero attached hydrogens (tertiary/aromatic N) is 2. The Hall–Kier alpha value is -4.31. The third-order valence-corrected chi connectivity index (χ3v) is 7.53. The Bertz CT molecular complexity index is 1720. The second-order valence-corrected chi connectivity index (χ2v) is 10.2. The molecule has 0 fully saturated rings. The third kappa shape index (κ3) is 4.75. The minimum atomic E-state index is -3.69. The van der Waals surface area contributed by atoms with Gasteiger partial charge in [0.25, 0.3) is 0 Å². The Morgan fingerprint density at radius 3 is 2.49 bits per heavy atom. The van der Waals surface area contributed by atoms with Crippen molar-refractivity contribution in [3.05, 3.63) is 90.5 Å². The van der Waals surface area contributed by atoms with E-state index in [0.717, 1.165) is 0 Å². The van der Waals surface area contributed by atoms with Crippen LogP contribution in [0.5, 0.6) is 11.5 Å². The summed E-state index contributed by atoms with van der Waals surface area (Å²) in [5, 5.41) is 4.86. The van der Waals surface area contributed by atoms with Gasteiger partial charge in [-0.2, -0.15) is 0 Å². The summed E-state index contributed by atoms with van der Waals surface area (Å²) in [5.41, 5.74) is 1.46. The van der Waals surface area contributed by atoms with Gasteiger partial charge in [-0.1, -0.05) is 11.2 Å². The van der Waals surface area contributed by atoms with Crippen molar-refractivity contribution >= 4 is 20.6 Å². The average molecular weight is 523 g/mol. The third-order valence-electron chi connectivity index (χ3n) is 5.89. The first-order chi connectivity index (χ1) is 17.8. The van der Waals surface area contributed by atoms with Crippen LogP contribution in [0.15, 0.2) is 82.5 Å². The van der Waals surface area contributed by atoms with Crippen LogP contribution in [-0.2, 0) is 15.6 Å². The topological polar surface area (TPSA) is 91.5 Å². The maximum Gasteiger partial charge on any atom is 0.184 e. The largest absolute Gasteiger partial charge is 0.497 e. The van der Waals surface area contributed by atoms with E-state index in [1.807, 2.05) is 0 Å². The van der Waals surface area contributed by atoms with Crippen LogP contribution in [0.4, 0.5) is 8.78 Å². The van der Waals surface area contributed by atoms with Crippen molar-refractivity contribution in [3.8, 4) is 33.9 Å². The Kier molecular flexibility index (Phi) is 6.34. The molecule has 0 N–H and O–H groups in total. The van der Waals surface area contributed by atoms with Gasteiger partial charge < -0.3 is 14.0 Å². The van der Waals surface area contributed by atoms with E-state index >= 15 is 4.39 Å². The molecule has 2 heterocycles. The minimum absolute atomic E-state index is 0.105. The van der Waals surface area contributed by atoms with Gasteiger partial charge in [0.1, 0.15) is 35.1 Å². The average Bonchev–Trinajstić information content (AvgIpc) is 3.39. The Labute approximate surface area is 211 Å². The summed E-state index contributed by atoms with van der Waals surface area (Å²) >= 11 is 0. The van der Waals surface area contributed by atoms with Crippen LogP contribution in [0, 0.1) is 11.6 Å². The molecule has 7 nitrogen and oxygen atoms in total. The molecular weight excluding hydrogens is 502 g/mol. The normalized spacial score (nSPS) is 11.6. The predicted molar refractivity (Wildman–Crippen MR) is 133 cm³/mol. The number of hydrogen-bond acceptors (Lipinski definition) is 7. The number of ether oxygens (including phenoxy) is 2. The number of pyridine rings is 1. The Balaban J connectivity index is 1.60. The van der Waals surface area contributed by atoms with E-state index in [0.29, 0.717) is 33.5 Å². The zero-order valence-electron chi connectivity index (χ0n) is 19.7. The molecule has 0 amide bonds. The van der Waals surface area contributed by atoms with Gasteiger partial charge in [-0.05, 0) is 53.4 Å². The van der Waals surface area contributed by atoms with Crippen molar-refractivity contribution < 1.29 is 31.2 Å². The highest BCUT2D eigenvalue weighted by atomic mass is 32.2. The molecule has 2 aromatic heterocycles. The number of sulfone groups is 1. The van der Waals surface area contributed by atoms with Crippen LogP contribution in [0.1, 0.15) is 5.69 Å². The monoisotopic (exact) mass is 522 g/mol. The van der Waals surface area contributed by atoms with Crippen LogP contribution >= 0.6 is 0 Å². The first kappa shape index (κ1) is 24.4. The Morgan fingerprint density at radius 1 is 0.919 bits per heavy atom. The standard InChI is InChI=1S/C27H20F2N2O5S/c1-34-20-10-17(9-18(28)12-20)23-14-26(35-2)24(13-25(23)29)27-22-4-3-21(11-16(22)5-7-30-27)37(32,33)15-19-6-8-36-31-19/h3-14H,15H2,1-2H3. The van der Waals surface area contributed by atoms with E-state index in [9.17, 15) is 12.8 Å². The molecule has 0 atom stereocenters. The first-order valence-electron chi connectivity index (χ1n) is 11.0. The second-order valence-electron chi connectivity index (χ2n) is 8.20. The van der Waals surface area contributed by atoms with Gasteiger partial charge in [-0.15, -0.1) is 0 Å². The van der Waals surface area contributed by atoms with Crippen molar-refractivity contribution in [1.82, 2.24) is 10.1 Å². The SMILES string of the molecule is COc1cc(F)cc(-c2cc(OC)c(-c3nccc4cc(S(=O)(=O)Cc5ccon5)ccc34)cc2F)c1. The maximum atomic E-state index is 15.4. The molecule has 0 spiro atoms. The van der Waals surface area contributed by atoms with E-state index < -0.39 is 21.5 Å². The molecule has 0 unspecified atom stereocenters. The molecule has 0 radical (unpaired) electrons. The number of halogens is 2. The fourth-order valence-corrected chi connectivity index (χ4v) is 5.41. The lowest BCUT2D eigenvalue weighted by atomic mass is 9.98. The van der Waals surface area contributed by atoms with Crippen LogP contribution in [0.25, 0.3) is 33.2 Å². The quantitative estimate of drug-likeness (QED) is 0.266. The second kappa shape index (κ2) is 9.62. The number of benzene rings is 3. The van der Waals surface area contributed by atoms with E-state index in [-0.39, 0.29) is 27.5 Å². The molecule has 188 valence electrons. The first-order valence-corrected chi connectivity index (χ1v) is 12.7. The van der Waals surface area contributed by atoms with E-state index in [1.165, 1.54) is 75.2 Å². The van der Waals surface area contributed by atoms with Crippen molar-refractivity contribution in [2.45, 2.75) is 10.6 Å². The molecule has 0 saturated heterocycles. The number of hydrogen-bond donors (Lipinski definition) is 0. The van der Waals surface area contributed by atoms with Gasteiger partial charge in [0, 0.05) is 34.8 Å². The molecule has 0 aliphatic heterocycles. The minimum Gasteiger partial charge on any atom is -0.497 e. The van der Waals surface area contributed by atoms with Crippen molar-refractivity contribution in [3.63, 3.8) is 0 Å².